The van der Waals surface area contributed by atoms with E-state index >= 15 is 0 Å². The second-order valence-electron chi connectivity index (χ2n) is 9.49. The minimum atomic E-state index is -0.540. The Morgan fingerprint density at radius 3 is 2.19 bits per heavy atom. The number of hydrogen-bond acceptors (Lipinski definition) is 4. The fourth-order valence-corrected chi connectivity index (χ4v) is 4.38. The summed E-state index contributed by atoms with van der Waals surface area (Å²) in [6.45, 7) is 3.29. The molecule has 3 atom stereocenters. The van der Waals surface area contributed by atoms with Crippen LogP contribution in [0, 0.1) is 18.6 Å². The minimum Gasteiger partial charge on any atom is -0.444 e. The zero-order chi connectivity index (χ0) is 22.0. The zero-order valence-electron chi connectivity index (χ0n) is 18.2. The maximum atomic E-state index is 13.9. The maximum Gasteiger partial charge on any atom is 0.226 e. The van der Waals surface area contributed by atoms with Crippen LogP contribution >= 0.6 is 0 Å². The van der Waals surface area contributed by atoms with E-state index in [1.165, 1.54) is 55.9 Å². The molecule has 0 bridgehead atoms. The van der Waals surface area contributed by atoms with E-state index in [4.69, 9.17) is 14.1 Å². The highest BCUT2D eigenvalue weighted by atomic mass is 19.1. The molecule has 2 heterocycles. The lowest BCUT2D eigenvalue weighted by Gasteiger charge is -2.13. The molecule has 1 saturated heterocycles. The predicted molar refractivity (Wildman–Crippen MR) is 116 cm³/mol. The van der Waals surface area contributed by atoms with Crippen molar-refractivity contribution in [3.8, 4) is 11.5 Å². The second kappa shape index (κ2) is 7.49. The molecular weight excluding hydrogens is 410 g/mol. The summed E-state index contributed by atoms with van der Waals surface area (Å²) in [6, 6.07) is 9.26. The molecule has 2 aromatic carbocycles. The molecule has 1 aliphatic heterocycles. The van der Waals surface area contributed by atoms with Gasteiger partial charge in [0, 0.05) is 17.2 Å². The lowest BCUT2D eigenvalue weighted by molar-refractivity contribution is 0.330. The Morgan fingerprint density at radius 2 is 1.59 bits per heavy atom. The van der Waals surface area contributed by atoms with Crippen LogP contribution in [0.1, 0.15) is 84.5 Å². The largest absolute Gasteiger partial charge is 0.444 e. The Labute approximate surface area is 186 Å². The number of oxazole rings is 1. The Kier molecular flexibility index (Phi) is 4.70. The van der Waals surface area contributed by atoms with Crippen LogP contribution in [0.5, 0.6) is 0 Å². The Morgan fingerprint density at radius 1 is 0.969 bits per heavy atom. The third kappa shape index (κ3) is 3.86. The first-order valence-electron chi connectivity index (χ1n) is 11.4. The molecule has 3 aliphatic rings. The standard InChI is InChI=1S/C26H26F2N2O2/c1-13-21(27)10-17(11-22(13)28)14(2)29-26-24(32-26)23-12-31-25(30-23)20-8-18(15-3-4-15)7-19(9-20)16-5-6-16/h7-12,14-16,24,26,29H,3-6H2,1-2H3. The van der Waals surface area contributed by atoms with Gasteiger partial charge in [-0.15, -0.1) is 0 Å². The summed E-state index contributed by atoms with van der Waals surface area (Å²) in [4.78, 5) is 4.70. The molecule has 6 rings (SSSR count). The molecular formula is C26H26F2N2O2. The summed E-state index contributed by atoms with van der Waals surface area (Å²) in [5.74, 6) is 0.902. The third-order valence-electron chi connectivity index (χ3n) is 6.84. The van der Waals surface area contributed by atoms with Crippen LogP contribution in [-0.2, 0) is 4.74 Å². The number of nitrogens with zero attached hydrogens (tertiary/aromatic N) is 1. The first-order valence-corrected chi connectivity index (χ1v) is 11.4. The first kappa shape index (κ1) is 20.1. The molecule has 2 aliphatic carbocycles. The minimum absolute atomic E-state index is 0.0345. The summed E-state index contributed by atoms with van der Waals surface area (Å²) in [5.41, 5.74) is 5.15. The highest BCUT2D eigenvalue weighted by molar-refractivity contribution is 5.58. The third-order valence-corrected chi connectivity index (χ3v) is 6.84. The smallest absolute Gasteiger partial charge is 0.226 e. The molecule has 3 unspecified atom stereocenters. The van der Waals surface area contributed by atoms with E-state index < -0.39 is 11.6 Å². The van der Waals surface area contributed by atoms with Gasteiger partial charge in [0.15, 0.2) is 0 Å². The summed E-state index contributed by atoms with van der Waals surface area (Å²) in [7, 11) is 0. The van der Waals surface area contributed by atoms with Crippen molar-refractivity contribution in [2.45, 2.75) is 69.7 Å². The van der Waals surface area contributed by atoms with Gasteiger partial charge in [-0.2, -0.15) is 0 Å². The van der Waals surface area contributed by atoms with E-state index in [2.05, 4.69) is 23.5 Å². The van der Waals surface area contributed by atoms with Crippen LogP contribution in [0.2, 0.25) is 0 Å². The number of epoxide rings is 1. The maximum absolute atomic E-state index is 13.9. The van der Waals surface area contributed by atoms with Gasteiger partial charge in [-0.25, -0.2) is 13.8 Å². The number of aromatic nitrogens is 1. The van der Waals surface area contributed by atoms with Gasteiger partial charge in [-0.1, -0.05) is 6.07 Å². The van der Waals surface area contributed by atoms with E-state index in [-0.39, 0.29) is 23.9 Å². The number of nitrogens with one attached hydrogen (secondary N) is 1. The van der Waals surface area contributed by atoms with Crippen molar-refractivity contribution in [3.63, 3.8) is 0 Å². The van der Waals surface area contributed by atoms with Gasteiger partial charge in [0.2, 0.25) is 5.89 Å². The highest BCUT2D eigenvalue weighted by Crippen LogP contribution is 2.47. The van der Waals surface area contributed by atoms with Crippen molar-refractivity contribution in [1.29, 1.82) is 0 Å². The molecule has 166 valence electrons. The van der Waals surface area contributed by atoms with Crippen molar-refractivity contribution in [1.82, 2.24) is 10.3 Å². The van der Waals surface area contributed by atoms with E-state index in [0.29, 0.717) is 23.3 Å². The number of halogens is 2. The molecule has 4 nitrogen and oxygen atoms in total. The fourth-order valence-electron chi connectivity index (χ4n) is 4.38. The summed E-state index contributed by atoms with van der Waals surface area (Å²) < 4.78 is 39.4. The molecule has 0 spiro atoms. The van der Waals surface area contributed by atoms with Crippen molar-refractivity contribution in [2.75, 3.05) is 0 Å². The summed E-state index contributed by atoms with van der Waals surface area (Å²) >= 11 is 0. The molecule has 0 amide bonds. The zero-order valence-corrected chi connectivity index (χ0v) is 18.2. The van der Waals surface area contributed by atoms with Crippen LogP contribution in [0.3, 0.4) is 0 Å². The Hall–Kier alpha value is -2.57. The molecule has 1 N–H and O–H groups in total. The van der Waals surface area contributed by atoms with E-state index in [9.17, 15) is 8.78 Å². The average molecular weight is 437 g/mol. The summed E-state index contributed by atoms with van der Waals surface area (Å²) in [5, 5.41) is 3.27. The Bertz CT molecular complexity index is 1130. The van der Waals surface area contributed by atoms with Crippen molar-refractivity contribution in [2.24, 2.45) is 0 Å². The number of rotatable bonds is 7. The molecule has 6 heteroatoms. The molecule has 1 aromatic heterocycles. The van der Waals surface area contributed by atoms with Crippen LogP contribution in [0.15, 0.2) is 41.0 Å². The van der Waals surface area contributed by atoms with Crippen molar-refractivity contribution < 1.29 is 17.9 Å². The van der Waals surface area contributed by atoms with Gasteiger partial charge in [0.1, 0.15) is 35.9 Å². The van der Waals surface area contributed by atoms with E-state index in [1.54, 1.807) is 6.26 Å². The monoisotopic (exact) mass is 436 g/mol. The van der Waals surface area contributed by atoms with Crippen molar-refractivity contribution >= 4 is 0 Å². The molecule has 3 fully saturated rings. The average Bonchev–Trinajstić information content (AvgIpc) is 3.64. The van der Waals surface area contributed by atoms with Gasteiger partial charge in [-0.3, -0.25) is 5.32 Å². The van der Waals surface area contributed by atoms with E-state index in [1.807, 2.05) is 6.92 Å². The van der Waals surface area contributed by atoms with Gasteiger partial charge in [0.05, 0.1) is 0 Å². The van der Waals surface area contributed by atoms with E-state index in [0.717, 1.165) is 11.3 Å². The molecule has 0 radical (unpaired) electrons. The molecule has 2 saturated carbocycles. The number of hydrogen-bond donors (Lipinski definition) is 1. The lowest BCUT2D eigenvalue weighted by Crippen LogP contribution is -2.22. The van der Waals surface area contributed by atoms with Crippen LogP contribution < -0.4 is 5.32 Å². The summed E-state index contributed by atoms with van der Waals surface area (Å²) in [6.07, 6.45) is 6.21. The SMILES string of the molecule is Cc1c(F)cc(C(C)NC2OC2c2coc(-c3cc(C4CC4)cc(C4CC4)c3)n2)cc1F. The van der Waals surface area contributed by atoms with Gasteiger partial charge in [0.25, 0.3) is 0 Å². The van der Waals surface area contributed by atoms with Crippen LogP contribution in [0.25, 0.3) is 11.5 Å². The van der Waals surface area contributed by atoms with Gasteiger partial charge < -0.3 is 9.15 Å². The normalized spacial score (nSPS) is 23.4. The highest BCUT2D eigenvalue weighted by Gasteiger charge is 2.43. The molecule has 3 aromatic rings. The first-order chi connectivity index (χ1) is 15.5. The predicted octanol–water partition coefficient (Wildman–Crippen LogP) is 6.43. The topological polar surface area (TPSA) is 50.6 Å². The number of benzene rings is 2. The molecule has 32 heavy (non-hydrogen) atoms. The van der Waals surface area contributed by atoms with Gasteiger partial charge >= 0.3 is 0 Å². The Balaban J connectivity index is 1.16. The van der Waals surface area contributed by atoms with Gasteiger partial charge in [-0.05, 0) is 92.3 Å². The second-order valence-corrected chi connectivity index (χ2v) is 9.49. The fraction of sp³-hybridized carbons (Fsp3) is 0.423. The van der Waals surface area contributed by atoms with Crippen LogP contribution in [-0.4, -0.2) is 11.2 Å². The lowest BCUT2D eigenvalue weighted by atomic mass is 10.00. The van der Waals surface area contributed by atoms with Crippen molar-refractivity contribution in [3.05, 3.63) is 76.2 Å². The van der Waals surface area contributed by atoms with Crippen LogP contribution in [0.4, 0.5) is 8.78 Å². The number of ether oxygens (including phenoxy) is 1. The quantitative estimate of drug-likeness (QED) is 0.434.